The molecule has 2 aromatic rings. The van der Waals surface area contributed by atoms with E-state index in [0.29, 0.717) is 12.1 Å². The standard InChI is InChI=1S/C20H22N2O3/c1-25-17-9-7-16(8-10-17)20(11-12-20)14-22-18(23)13-21-19(24)15-5-3-2-4-6-15/h2-10H,11-14H2,1H3,(H,21,24)(H,22,23). The van der Waals surface area contributed by atoms with Gasteiger partial charge in [0.05, 0.1) is 13.7 Å². The molecule has 0 atom stereocenters. The highest BCUT2D eigenvalue weighted by Gasteiger charge is 2.44. The van der Waals surface area contributed by atoms with E-state index in [4.69, 9.17) is 4.74 Å². The van der Waals surface area contributed by atoms with Crippen molar-refractivity contribution >= 4 is 11.8 Å². The zero-order valence-corrected chi connectivity index (χ0v) is 14.2. The molecular weight excluding hydrogens is 316 g/mol. The van der Waals surface area contributed by atoms with Crippen molar-refractivity contribution in [3.05, 3.63) is 65.7 Å². The van der Waals surface area contributed by atoms with Crippen LogP contribution >= 0.6 is 0 Å². The van der Waals surface area contributed by atoms with Gasteiger partial charge in [-0.15, -0.1) is 0 Å². The second-order valence-corrected chi connectivity index (χ2v) is 6.33. The van der Waals surface area contributed by atoms with Crippen molar-refractivity contribution in [3.8, 4) is 5.75 Å². The molecule has 0 spiro atoms. The van der Waals surface area contributed by atoms with Crippen LogP contribution in [0.2, 0.25) is 0 Å². The molecule has 0 heterocycles. The third kappa shape index (κ3) is 4.18. The average Bonchev–Trinajstić information content (AvgIpc) is 3.46. The number of hydrogen-bond acceptors (Lipinski definition) is 3. The fourth-order valence-corrected chi connectivity index (χ4v) is 2.85. The molecular formula is C20H22N2O3. The van der Waals surface area contributed by atoms with Crippen LogP contribution in [0.5, 0.6) is 5.75 Å². The molecule has 0 radical (unpaired) electrons. The number of nitrogens with one attached hydrogen (secondary N) is 2. The Balaban J connectivity index is 1.48. The van der Waals surface area contributed by atoms with Gasteiger partial charge in [0.15, 0.2) is 0 Å². The topological polar surface area (TPSA) is 67.4 Å². The van der Waals surface area contributed by atoms with Crippen molar-refractivity contribution in [2.75, 3.05) is 20.2 Å². The van der Waals surface area contributed by atoms with Crippen LogP contribution < -0.4 is 15.4 Å². The van der Waals surface area contributed by atoms with Gasteiger partial charge in [-0.3, -0.25) is 9.59 Å². The Morgan fingerprint density at radius 1 is 1.00 bits per heavy atom. The number of carbonyl (C=O) groups excluding carboxylic acids is 2. The molecule has 0 aromatic heterocycles. The third-order valence-corrected chi connectivity index (χ3v) is 4.63. The molecule has 1 fully saturated rings. The van der Waals surface area contributed by atoms with Crippen molar-refractivity contribution in [1.29, 1.82) is 0 Å². The summed E-state index contributed by atoms with van der Waals surface area (Å²) in [4.78, 5) is 24.0. The largest absolute Gasteiger partial charge is 0.497 e. The predicted octanol–water partition coefficient (Wildman–Crippen LogP) is 2.27. The zero-order valence-electron chi connectivity index (χ0n) is 14.2. The molecule has 1 saturated carbocycles. The van der Waals surface area contributed by atoms with Crippen LogP contribution in [0.3, 0.4) is 0 Å². The van der Waals surface area contributed by atoms with Crippen LogP contribution in [-0.4, -0.2) is 32.0 Å². The quantitative estimate of drug-likeness (QED) is 0.814. The van der Waals surface area contributed by atoms with Gasteiger partial charge in [-0.2, -0.15) is 0 Å². The SMILES string of the molecule is COc1ccc(C2(CNC(=O)CNC(=O)c3ccccc3)CC2)cc1. The second kappa shape index (κ2) is 7.38. The first-order chi connectivity index (χ1) is 12.1. The van der Waals surface area contributed by atoms with Gasteiger partial charge in [-0.05, 0) is 42.7 Å². The van der Waals surface area contributed by atoms with E-state index in [9.17, 15) is 9.59 Å². The van der Waals surface area contributed by atoms with Gasteiger partial charge in [0.1, 0.15) is 5.75 Å². The minimum Gasteiger partial charge on any atom is -0.497 e. The maximum Gasteiger partial charge on any atom is 0.251 e. The minimum atomic E-state index is -0.243. The maximum absolute atomic E-state index is 12.0. The molecule has 0 aliphatic heterocycles. The average molecular weight is 338 g/mol. The van der Waals surface area contributed by atoms with Crippen molar-refractivity contribution in [1.82, 2.24) is 10.6 Å². The Morgan fingerprint density at radius 2 is 1.68 bits per heavy atom. The van der Waals surface area contributed by atoms with Gasteiger partial charge >= 0.3 is 0 Å². The zero-order chi connectivity index (χ0) is 17.7. The summed E-state index contributed by atoms with van der Waals surface area (Å²) in [5.74, 6) is 0.406. The summed E-state index contributed by atoms with van der Waals surface area (Å²) < 4.78 is 5.18. The molecule has 25 heavy (non-hydrogen) atoms. The molecule has 2 aromatic carbocycles. The maximum atomic E-state index is 12.0. The van der Waals surface area contributed by atoms with E-state index in [-0.39, 0.29) is 23.8 Å². The number of benzene rings is 2. The molecule has 2 amide bonds. The highest BCUT2D eigenvalue weighted by atomic mass is 16.5. The van der Waals surface area contributed by atoms with Crippen LogP contribution in [0, 0.1) is 0 Å². The number of ether oxygens (including phenoxy) is 1. The van der Waals surface area contributed by atoms with E-state index in [0.717, 1.165) is 18.6 Å². The number of carbonyl (C=O) groups is 2. The lowest BCUT2D eigenvalue weighted by Gasteiger charge is -2.17. The summed E-state index contributed by atoms with van der Waals surface area (Å²) >= 11 is 0. The Morgan fingerprint density at radius 3 is 2.28 bits per heavy atom. The molecule has 0 unspecified atom stereocenters. The lowest BCUT2D eigenvalue weighted by atomic mass is 9.96. The fourth-order valence-electron chi connectivity index (χ4n) is 2.85. The smallest absolute Gasteiger partial charge is 0.251 e. The van der Waals surface area contributed by atoms with Crippen molar-refractivity contribution in [2.45, 2.75) is 18.3 Å². The summed E-state index contributed by atoms with van der Waals surface area (Å²) in [5.41, 5.74) is 1.78. The van der Waals surface area contributed by atoms with Crippen molar-refractivity contribution < 1.29 is 14.3 Å². The van der Waals surface area contributed by atoms with Gasteiger partial charge in [0.25, 0.3) is 5.91 Å². The van der Waals surface area contributed by atoms with E-state index < -0.39 is 0 Å². The molecule has 0 saturated heterocycles. The molecule has 3 rings (SSSR count). The first kappa shape index (κ1) is 17.0. The minimum absolute atomic E-state index is 0.0192. The van der Waals surface area contributed by atoms with Gasteiger partial charge in [-0.25, -0.2) is 0 Å². The highest BCUT2D eigenvalue weighted by Crippen LogP contribution is 2.47. The lowest BCUT2D eigenvalue weighted by Crippen LogP contribution is -2.40. The van der Waals surface area contributed by atoms with Crippen molar-refractivity contribution in [3.63, 3.8) is 0 Å². The summed E-state index contributed by atoms with van der Waals surface area (Å²) in [5, 5.41) is 5.58. The first-order valence-electron chi connectivity index (χ1n) is 8.37. The number of amides is 2. The number of hydrogen-bond donors (Lipinski definition) is 2. The first-order valence-corrected chi connectivity index (χ1v) is 8.37. The van der Waals surface area contributed by atoms with E-state index in [2.05, 4.69) is 22.8 Å². The van der Waals surface area contributed by atoms with Gasteiger partial charge < -0.3 is 15.4 Å². The molecule has 5 nitrogen and oxygen atoms in total. The van der Waals surface area contributed by atoms with Crippen LogP contribution in [0.25, 0.3) is 0 Å². The van der Waals surface area contributed by atoms with Gasteiger partial charge in [0, 0.05) is 17.5 Å². The van der Waals surface area contributed by atoms with E-state index in [1.165, 1.54) is 5.56 Å². The Labute approximate surface area is 147 Å². The number of rotatable bonds is 7. The van der Waals surface area contributed by atoms with Gasteiger partial charge in [0.2, 0.25) is 5.91 Å². The molecule has 1 aliphatic rings. The Kier molecular flexibility index (Phi) is 5.03. The van der Waals surface area contributed by atoms with E-state index in [1.807, 2.05) is 18.2 Å². The molecule has 0 bridgehead atoms. The number of methoxy groups -OCH3 is 1. The van der Waals surface area contributed by atoms with E-state index in [1.54, 1.807) is 31.4 Å². The molecule has 1 aliphatic carbocycles. The van der Waals surface area contributed by atoms with Crippen LogP contribution in [-0.2, 0) is 10.2 Å². The molecule has 5 heteroatoms. The van der Waals surface area contributed by atoms with Crippen LogP contribution in [0.1, 0.15) is 28.8 Å². The van der Waals surface area contributed by atoms with Crippen LogP contribution in [0.4, 0.5) is 0 Å². The molecule has 2 N–H and O–H groups in total. The summed E-state index contributed by atoms with van der Waals surface area (Å²) in [7, 11) is 1.64. The predicted molar refractivity (Wildman–Crippen MR) is 95.7 cm³/mol. The second-order valence-electron chi connectivity index (χ2n) is 6.33. The van der Waals surface area contributed by atoms with Crippen LogP contribution in [0.15, 0.2) is 54.6 Å². The monoisotopic (exact) mass is 338 g/mol. The normalized spacial score (nSPS) is 14.4. The highest BCUT2D eigenvalue weighted by molar-refractivity contribution is 5.96. The van der Waals surface area contributed by atoms with Crippen molar-refractivity contribution in [2.24, 2.45) is 0 Å². The third-order valence-electron chi connectivity index (χ3n) is 4.63. The lowest BCUT2D eigenvalue weighted by molar-refractivity contribution is -0.120. The Hall–Kier alpha value is -2.82. The van der Waals surface area contributed by atoms with Gasteiger partial charge in [-0.1, -0.05) is 30.3 Å². The van der Waals surface area contributed by atoms with E-state index >= 15 is 0 Å². The Bertz CT molecular complexity index is 737. The fraction of sp³-hybridized carbons (Fsp3) is 0.300. The summed E-state index contributed by atoms with van der Waals surface area (Å²) in [6, 6.07) is 16.9. The summed E-state index contributed by atoms with van der Waals surface area (Å²) in [6.45, 7) is 0.561. The molecule has 130 valence electrons. The summed E-state index contributed by atoms with van der Waals surface area (Å²) in [6.07, 6.45) is 2.10.